The Hall–Kier alpha value is -2.10. The van der Waals surface area contributed by atoms with Crippen LogP contribution in [0.25, 0.3) is 0 Å². The lowest BCUT2D eigenvalue weighted by Crippen LogP contribution is -2.41. The summed E-state index contributed by atoms with van der Waals surface area (Å²) in [4.78, 5) is 23.4. The largest absolute Gasteiger partial charge is 0.376 e. The summed E-state index contributed by atoms with van der Waals surface area (Å²) >= 11 is 0. The zero-order valence-corrected chi connectivity index (χ0v) is 13.3. The molecule has 0 aliphatic rings. The van der Waals surface area contributed by atoms with Crippen molar-refractivity contribution in [2.24, 2.45) is 0 Å². The van der Waals surface area contributed by atoms with Crippen molar-refractivity contribution >= 4 is 11.4 Å². The first-order chi connectivity index (χ1) is 9.70. The Balaban J connectivity index is 2.20. The molecule has 0 atom stereocenters. The number of nitrogens with one attached hydrogen (secondary N) is 2. The summed E-state index contributed by atoms with van der Waals surface area (Å²) in [5, 5.41) is 6.21. The second-order valence-electron chi connectivity index (χ2n) is 6.51. The highest BCUT2D eigenvalue weighted by Gasteiger charge is 2.24. The lowest BCUT2D eigenvalue weighted by molar-refractivity contribution is 0.632. The van der Waals surface area contributed by atoms with Gasteiger partial charge in [0.1, 0.15) is 11.4 Å². The van der Waals surface area contributed by atoms with Gasteiger partial charge in [-0.15, -0.1) is 0 Å². The Morgan fingerprint density at radius 3 is 2.00 bits per heavy atom. The Labute approximate surface area is 124 Å². The number of benzene rings is 1. The van der Waals surface area contributed by atoms with Crippen molar-refractivity contribution < 1.29 is 0 Å². The number of hydrogen-bond acceptors (Lipinski definition) is 4. The maximum atomic E-state index is 11.7. The molecule has 0 radical (unpaired) electrons. The fourth-order valence-corrected chi connectivity index (χ4v) is 2.36. The predicted octanol–water partition coefficient (Wildman–Crippen LogP) is 2.72. The third-order valence-electron chi connectivity index (χ3n) is 3.50. The van der Waals surface area contributed by atoms with Crippen molar-refractivity contribution in [3.63, 3.8) is 0 Å². The van der Waals surface area contributed by atoms with E-state index in [9.17, 15) is 9.59 Å². The molecule has 0 unspecified atom stereocenters. The molecule has 0 aliphatic carbocycles. The molecule has 0 saturated carbocycles. The summed E-state index contributed by atoms with van der Waals surface area (Å²) in [6, 6.07) is 6.10. The minimum atomic E-state index is -0.437. The molecule has 0 aromatic heterocycles. The quantitative estimate of drug-likeness (QED) is 0.849. The van der Waals surface area contributed by atoms with Crippen LogP contribution in [0.4, 0.5) is 11.4 Å². The first kappa shape index (κ1) is 15.3. The van der Waals surface area contributed by atoms with E-state index < -0.39 is 10.9 Å². The normalized spacial score (nSPS) is 11.7. The predicted molar refractivity (Wildman–Crippen MR) is 88.0 cm³/mol. The van der Waals surface area contributed by atoms with Gasteiger partial charge in [0.25, 0.3) is 10.9 Å². The average Bonchev–Trinajstić information content (AvgIpc) is 2.39. The molecule has 21 heavy (non-hydrogen) atoms. The van der Waals surface area contributed by atoms with Crippen molar-refractivity contribution in [3.05, 3.63) is 55.3 Å². The fraction of sp³-hybridized carbons (Fsp3) is 0.412. The Morgan fingerprint density at radius 1 is 0.952 bits per heavy atom. The van der Waals surface area contributed by atoms with Gasteiger partial charge in [0.2, 0.25) is 0 Å². The van der Waals surface area contributed by atoms with Crippen molar-refractivity contribution in [1.29, 1.82) is 0 Å². The van der Waals surface area contributed by atoms with Crippen LogP contribution in [0.3, 0.4) is 0 Å². The van der Waals surface area contributed by atoms with Crippen LogP contribution in [0.5, 0.6) is 0 Å². The second-order valence-corrected chi connectivity index (χ2v) is 6.51. The summed E-state index contributed by atoms with van der Waals surface area (Å²) in [5.41, 5.74) is 3.18. The summed E-state index contributed by atoms with van der Waals surface area (Å²) in [6.45, 7) is 10.5. The number of hydrogen-bond donors (Lipinski definition) is 2. The van der Waals surface area contributed by atoms with Crippen LogP contribution in [0.2, 0.25) is 0 Å². The van der Waals surface area contributed by atoms with Crippen LogP contribution in [0, 0.1) is 13.8 Å². The Bertz CT molecular complexity index is 712. The minimum absolute atomic E-state index is 0.253. The van der Waals surface area contributed by atoms with Crippen LogP contribution >= 0.6 is 0 Å². The molecular formula is C17H22N2O2. The molecule has 112 valence electrons. The standard InChI is InChI=1S/C17H22N2O2/c1-10-7-6-8-11(2)12(10)9-18-13-14(16(21)15(13)20)19-17(3,4)5/h6-8,18-19H,9H2,1-5H3. The Kier molecular flexibility index (Phi) is 3.90. The average molecular weight is 286 g/mol. The van der Waals surface area contributed by atoms with E-state index in [1.54, 1.807) is 0 Å². The van der Waals surface area contributed by atoms with Gasteiger partial charge in [-0.1, -0.05) is 18.2 Å². The van der Waals surface area contributed by atoms with Gasteiger partial charge in [0, 0.05) is 12.1 Å². The van der Waals surface area contributed by atoms with Gasteiger partial charge in [0.15, 0.2) is 0 Å². The van der Waals surface area contributed by atoms with Gasteiger partial charge in [-0.05, 0) is 51.3 Å². The first-order valence-corrected chi connectivity index (χ1v) is 7.11. The molecule has 0 saturated heterocycles. The molecule has 2 N–H and O–H groups in total. The van der Waals surface area contributed by atoms with Crippen molar-refractivity contribution in [1.82, 2.24) is 0 Å². The van der Waals surface area contributed by atoms with E-state index in [1.165, 1.54) is 11.1 Å². The molecule has 2 aromatic rings. The van der Waals surface area contributed by atoms with Crippen LogP contribution < -0.4 is 21.5 Å². The maximum Gasteiger partial charge on any atom is 0.253 e. The highest BCUT2D eigenvalue weighted by atomic mass is 16.2. The highest BCUT2D eigenvalue weighted by molar-refractivity contribution is 5.74. The summed E-state index contributed by atoms with van der Waals surface area (Å²) in [6.07, 6.45) is 0. The first-order valence-electron chi connectivity index (χ1n) is 7.11. The molecule has 2 aromatic carbocycles. The maximum absolute atomic E-state index is 11.7. The van der Waals surface area contributed by atoms with E-state index in [-0.39, 0.29) is 5.54 Å². The molecule has 0 heterocycles. The number of anilines is 2. The molecule has 0 spiro atoms. The van der Waals surface area contributed by atoms with E-state index in [1.807, 2.05) is 52.8 Å². The molecule has 0 aliphatic heterocycles. The molecule has 0 bridgehead atoms. The van der Waals surface area contributed by atoms with Gasteiger partial charge in [-0.25, -0.2) is 0 Å². The van der Waals surface area contributed by atoms with Crippen LogP contribution in [0.1, 0.15) is 37.5 Å². The molecular weight excluding hydrogens is 264 g/mol. The van der Waals surface area contributed by atoms with E-state index in [0.29, 0.717) is 17.9 Å². The van der Waals surface area contributed by atoms with Gasteiger partial charge in [0.05, 0.1) is 0 Å². The molecule has 2 rings (SSSR count). The zero-order chi connectivity index (χ0) is 15.8. The molecule has 0 fully saturated rings. The lowest BCUT2D eigenvalue weighted by Gasteiger charge is -2.25. The van der Waals surface area contributed by atoms with E-state index >= 15 is 0 Å². The van der Waals surface area contributed by atoms with Crippen LogP contribution in [-0.4, -0.2) is 5.54 Å². The van der Waals surface area contributed by atoms with Crippen molar-refractivity contribution in [2.75, 3.05) is 10.6 Å². The molecule has 4 nitrogen and oxygen atoms in total. The SMILES string of the molecule is Cc1cccc(C)c1CNc1c(NC(C)(C)C)c(=O)c1=O. The fourth-order valence-electron chi connectivity index (χ4n) is 2.36. The van der Waals surface area contributed by atoms with Crippen LogP contribution in [-0.2, 0) is 6.54 Å². The van der Waals surface area contributed by atoms with Crippen LogP contribution in [0.15, 0.2) is 27.8 Å². The topological polar surface area (TPSA) is 58.2 Å². The Morgan fingerprint density at radius 2 is 1.48 bits per heavy atom. The van der Waals surface area contributed by atoms with E-state index in [0.717, 1.165) is 5.56 Å². The summed E-state index contributed by atoms with van der Waals surface area (Å²) in [7, 11) is 0. The molecule has 4 heteroatoms. The monoisotopic (exact) mass is 286 g/mol. The smallest absolute Gasteiger partial charge is 0.253 e. The van der Waals surface area contributed by atoms with Gasteiger partial charge >= 0.3 is 0 Å². The minimum Gasteiger partial charge on any atom is -0.376 e. The second kappa shape index (κ2) is 5.35. The third-order valence-corrected chi connectivity index (χ3v) is 3.50. The summed E-state index contributed by atoms with van der Waals surface area (Å²) < 4.78 is 0. The van der Waals surface area contributed by atoms with E-state index in [4.69, 9.17) is 0 Å². The van der Waals surface area contributed by atoms with Crippen molar-refractivity contribution in [2.45, 2.75) is 46.7 Å². The zero-order valence-electron chi connectivity index (χ0n) is 13.3. The van der Waals surface area contributed by atoms with Crippen molar-refractivity contribution in [3.8, 4) is 0 Å². The van der Waals surface area contributed by atoms with Gasteiger partial charge in [-0.2, -0.15) is 0 Å². The van der Waals surface area contributed by atoms with Gasteiger partial charge in [-0.3, -0.25) is 9.59 Å². The molecule has 0 amide bonds. The lowest BCUT2D eigenvalue weighted by atomic mass is 10.0. The summed E-state index contributed by atoms with van der Waals surface area (Å²) in [5.74, 6) is 0. The third kappa shape index (κ3) is 3.15. The highest BCUT2D eigenvalue weighted by Crippen LogP contribution is 2.21. The number of rotatable bonds is 4. The van der Waals surface area contributed by atoms with Gasteiger partial charge < -0.3 is 10.6 Å². The van der Waals surface area contributed by atoms with E-state index in [2.05, 4.69) is 10.6 Å². The number of aryl methyl sites for hydroxylation is 2.